The van der Waals surface area contributed by atoms with Gasteiger partial charge >= 0.3 is 0 Å². The molecule has 0 unspecified atom stereocenters. The van der Waals surface area contributed by atoms with E-state index in [2.05, 4.69) is 74.2 Å². The molecule has 1 fully saturated rings. The molecule has 0 aliphatic heterocycles. The predicted molar refractivity (Wildman–Crippen MR) is 123 cm³/mol. The van der Waals surface area contributed by atoms with Gasteiger partial charge in [-0.1, -0.05) is 76.3 Å². The molecule has 1 aliphatic rings. The van der Waals surface area contributed by atoms with Gasteiger partial charge in [-0.05, 0) is 73.1 Å². The van der Waals surface area contributed by atoms with Crippen LogP contribution in [0.3, 0.4) is 0 Å². The van der Waals surface area contributed by atoms with Crippen LogP contribution in [0, 0.1) is 23.7 Å². The Morgan fingerprint density at radius 3 is 1.93 bits per heavy atom. The molecule has 29 heavy (non-hydrogen) atoms. The number of rotatable bonds is 8. The van der Waals surface area contributed by atoms with Crippen molar-refractivity contribution in [2.24, 2.45) is 11.8 Å². The van der Waals surface area contributed by atoms with Crippen LogP contribution in [0.25, 0.3) is 0 Å². The van der Waals surface area contributed by atoms with E-state index in [1.807, 2.05) is 0 Å². The molecule has 2 aromatic carbocycles. The van der Waals surface area contributed by atoms with Gasteiger partial charge in [-0.2, -0.15) is 0 Å². The molecule has 0 N–H and O–H groups in total. The number of hydrogen-bond acceptors (Lipinski definition) is 1. The maximum absolute atomic E-state index is 6.07. The Kier molecular flexibility index (Phi) is 8.69. The summed E-state index contributed by atoms with van der Waals surface area (Å²) in [6, 6.07) is 16.7. The van der Waals surface area contributed by atoms with E-state index < -0.39 is 0 Å². The second kappa shape index (κ2) is 11.7. The van der Waals surface area contributed by atoms with E-state index in [0.29, 0.717) is 0 Å². The molecule has 1 aliphatic carbocycles. The van der Waals surface area contributed by atoms with Crippen molar-refractivity contribution in [1.29, 1.82) is 0 Å². The van der Waals surface area contributed by atoms with E-state index >= 15 is 0 Å². The first-order valence-corrected chi connectivity index (χ1v) is 11.6. The minimum Gasteiger partial charge on any atom is -0.493 e. The molecule has 0 atom stereocenters. The number of unbranched alkanes of at least 4 members (excludes halogenated alkanes) is 2. The zero-order valence-corrected chi connectivity index (χ0v) is 18.3. The van der Waals surface area contributed by atoms with Gasteiger partial charge in [-0.15, -0.1) is 0 Å². The smallest absolute Gasteiger partial charge is 0.119 e. The molecular formula is C28H36O. The first-order chi connectivity index (χ1) is 14.3. The average Bonchev–Trinajstić information content (AvgIpc) is 2.78. The maximum atomic E-state index is 6.07. The summed E-state index contributed by atoms with van der Waals surface area (Å²) < 4.78 is 6.07. The standard InChI is InChI=1S/C28H36O/c1-3-5-6-7-24-14-16-27(17-15-24)22-29-28-20-18-26(19-21-28)13-12-25-10-8-23(4-2)9-11-25/h8-11,18-21,24,27H,3-7,14-17,22H2,1-2H3/t24-,27-. The second-order valence-corrected chi connectivity index (χ2v) is 8.52. The summed E-state index contributed by atoms with van der Waals surface area (Å²) in [5.74, 6) is 9.16. The minimum atomic E-state index is 0.725. The lowest BCUT2D eigenvalue weighted by atomic mass is 9.80. The zero-order valence-electron chi connectivity index (χ0n) is 18.3. The van der Waals surface area contributed by atoms with Crippen molar-refractivity contribution in [2.75, 3.05) is 6.61 Å². The molecule has 2 aromatic rings. The molecule has 0 aromatic heterocycles. The number of benzene rings is 2. The van der Waals surface area contributed by atoms with Gasteiger partial charge in [-0.3, -0.25) is 0 Å². The van der Waals surface area contributed by atoms with Crippen LogP contribution >= 0.6 is 0 Å². The van der Waals surface area contributed by atoms with Crippen LogP contribution in [0.2, 0.25) is 0 Å². The quantitative estimate of drug-likeness (QED) is 0.338. The molecule has 154 valence electrons. The van der Waals surface area contributed by atoms with Gasteiger partial charge in [0.25, 0.3) is 0 Å². The van der Waals surface area contributed by atoms with Crippen molar-refractivity contribution in [3.63, 3.8) is 0 Å². The topological polar surface area (TPSA) is 9.23 Å². The highest BCUT2D eigenvalue weighted by atomic mass is 16.5. The summed E-state index contributed by atoms with van der Waals surface area (Å²) in [5.41, 5.74) is 3.44. The highest BCUT2D eigenvalue weighted by Crippen LogP contribution is 2.32. The Bertz CT molecular complexity index is 768. The molecule has 1 saturated carbocycles. The fourth-order valence-electron chi connectivity index (χ4n) is 4.19. The lowest BCUT2D eigenvalue weighted by Gasteiger charge is -2.28. The second-order valence-electron chi connectivity index (χ2n) is 8.52. The lowest BCUT2D eigenvalue weighted by molar-refractivity contribution is 0.177. The molecular weight excluding hydrogens is 352 g/mol. The molecule has 0 spiro atoms. The highest BCUT2D eigenvalue weighted by Gasteiger charge is 2.21. The van der Waals surface area contributed by atoms with Crippen molar-refractivity contribution in [1.82, 2.24) is 0 Å². The van der Waals surface area contributed by atoms with Crippen molar-refractivity contribution < 1.29 is 4.74 Å². The summed E-state index contributed by atoms with van der Waals surface area (Å²) in [4.78, 5) is 0. The largest absolute Gasteiger partial charge is 0.493 e. The predicted octanol–water partition coefficient (Wildman–Crippen LogP) is 7.41. The lowest BCUT2D eigenvalue weighted by Crippen LogP contribution is -2.20. The summed E-state index contributed by atoms with van der Waals surface area (Å²) in [7, 11) is 0. The third-order valence-corrected chi connectivity index (χ3v) is 6.24. The summed E-state index contributed by atoms with van der Waals surface area (Å²) >= 11 is 0. The third-order valence-electron chi connectivity index (χ3n) is 6.24. The van der Waals surface area contributed by atoms with Crippen molar-refractivity contribution in [3.05, 3.63) is 65.2 Å². The Hall–Kier alpha value is -2.20. The monoisotopic (exact) mass is 388 g/mol. The first kappa shape index (κ1) is 21.5. The third kappa shape index (κ3) is 7.28. The van der Waals surface area contributed by atoms with E-state index in [4.69, 9.17) is 4.74 Å². The van der Waals surface area contributed by atoms with Gasteiger partial charge in [0.2, 0.25) is 0 Å². The van der Waals surface area contributed by atoms with Crippen LogP contribution in [0.1, 0.15) is 81.9 Å². The molecule has 0 heterocycles. The van der Waals surface area contributed by atoms with E-state index in [0.717, 1.165) is 41.7 Å². The maximum Gasteiger partial charge on any atom is 0.119 e. The molecule has 1 nitrogen and oxygen atoms in total. The summed E-state index contributed by atoms with van der Waals surface area (Å²) in [6.45, 7) is 5.32. The molecule has 0 bridgehead atoms. The first-order valence-electron chi connectivity index (χ1n) is 11.6. The Balaban J connectivity index is 1.41. The van der Waals surface area contributed by atoms with Crippen molar-refractivity contribution >= 4 is 0 Å². The Morgan fingerprint density at radius 1 is 0.759 bits per heavy atom. The van der Waals surface area contributed by atoms with E-state index in [9.17, 15) is 0 Å². The highest BCUT2D eigenvalue weighted by molar-refractivity contribution is 5.44. The SMILES string of the molecule is CCCCC[C@H]1CC[C@H](COc2ccc(C#Cc3ccc(CC)cc3)cc2)CC1. The van der Waals surface area contributed by atoms with Crippen LogP contribution in [0.5, 0.6) is 5.75 Å². The Labute approximate surface area is 177 Å². The van der Waals surface area contributed by atoms with Gasteiger partial charge < -0.3 is 4.74 Å². The summed E-state index contributed by atoms with van der Waals surface area (Å²) in [6.07, 6.45) is 12.1. The van der Waals surface area contributed by atoms with Gasteiger partial charge in [0.15, 0.2) is 0 Å². The summed E-state index contributed by atoms with van der Waals surface area (Å²) in [5, 5.41) is 0. The number of aryl methyl sites for hydroxylation is 1. The fraction of sp³-hybridized carbons (Fsp3) is 0.500. The van der Waals surface area contributed by atoms with Gasteiger partial charge in [0, 0.05) is 11.1 Å². The van der Waals surface area contributed by atoms with Crippen LogP contribution < -0.4 is 4.74 Å². The number of ether oxygens (including phenoxy) is 1. The molecule has 0 saturated heterocycles. The van der Waals surface area contributed by atoms with Gasteiger partial charge in [-0.25, -0.2) is 0 Å². The van der Waals surface area contributed by atoms with E-state index in [-0.39, 0.29) is 0 Å². The van der Waals surface area contributed by atoms with E-state index in [1.165, 1.54) is 56.9 Å². The van der Waals surface area contributed by atoms with Crippen molar-refractivity contribution in [3.8, 4) is 17.6 Å². The van der Waals surface area contributed by atoms with Crippen LogP contribution in [-0.4, -0.2) is 6.61 Å². The van der Waals surface area contributed by atoms with Crippen LogP contribution in [-0.2, 0) is 6.42 Å². The zero-order chi connectivity index (χ0) is 20.3. The number of hydrogen-bond donors (Lipinski definition) is 0. The molecule has 1 heteroatoms. The van der Waals surface area contributed by atoms with Crippen LogP contribution in [0.15, 0.2) is 48.5 Å². The average molecular weight is 389 g/mol. The van der Waals surface area contributed by atoms with E-state index in [1.54, 1.807) is 0 Å². The van der Waals surface area contributed by atoms with Crippen LogP contribution in [0.4, 0.5) is 0 Å². The Morgan fingerprint density at radius 2 is 1.34 bits per heavy atom. The normalized spacial score (nSPS) is 18.7. The molecule has 0 radical (unpaired) electrons. The molecule has 0 amide bonds. The molecule has 3 rings (SSSR count). The van der Waals surface area contributed by atoms with Gasteiger partial charge in [0.1, 0.15) is 5.75 Å². The van der Waals surface area contributed by atoms with Crippen molar-refractivity contribution in [2.45, 2.75) is 71.6 Å². The minimum absolute atomic E-state index is 0.725. The van der Waals surface area contributed by atoms with Gasteiger partial charge in [0.05, 0.1) is 6.61 Å². The fourth-order valence-corrected chi connectivity index (χ4v) is 4.19.